The number of aryl methyl sites for hydroxylation is 1. The number of carbonyl (C=O) groups excluding carboxylic acids is 1. The van der Waals surface area contributed by atoms with E-state index in [1.165, 1.54) is 17.3 Å². The maximum Gasteiger partial charge on any atom is 0.254 e. The van der Waals surface area contributed by atoms with Crippen molar-refractivity contribution in [1.29, 1.82) is 0 Å². The third-order valence-electron chi connectivity index (χ3n) is 5.78. The summed E-state index contributed by atoms with van der Waals surface area (Å²) in [5, 5.41) is 3.65. The molecule has 1 amide bonds. The molecule has 1 atom stereocenters. The first kappa shape index (κ1) is 23.5. The van der Waals surface area contributed by atoms with E-state index >= 15 is 0 Å². The zero-order valence-corrected chi connectivity index (χ0v) is 19.7. The Kier molecular flexibility index (Phi) is 8.72. The minimum atomic E-state index is -0.238. The highest BCUT2D eigenvalue weighted by molar-refractivity contribution is 8.00. The van der Waals surface area contributed by atoms with Gasteiger partial charge >= 0.3 is 0 Å². The maximum atomic E-state index is 13.1. The van der Waals surface area contributed by atoms with Crippen LogP contribution in [-0.2, 0) is 24.8 Å². The first-order valence-corrected chi connectivity index (χ1v) is 12.2. The molecule has 1 aliphatic rings. The van der Waals surface area contributed by atoms with Gasteiger partial charge in [0.2, 0.25) is 5.91 Å². The van der Waals surface area contributed by atoms with Gasteiger partial charge in [0.25, 0.3) is 5.56 Å². The molecule has 1 unspecified atom stereocenters. The summed E-state index contributed by atoms with van der Waals surface area (Å²) >= 11 is 1.41. The number of hydrogen-bond donors (Lipinski definition) is 1. The van der Waals surface area contributed by atoms with Gasteiger partial charge in [0.05, 0.1) is 5.25 Å². The third-order valence-corrected chi connectivity index (χ3v) is 7.09. The van der Waals surface area contributed by atoms with E-state index in [4.69, 9.17) is 0 Å². The molecule has 31 heavy (non-hydrogen) atoms. The molecule has 1 fully saturated rings. The van der Waals surface area contributed by atoms with Crippen molar-refractivity contribution in [2.24, 2.45) is 7.05 Å². The summed E-state index contributed by atoms with van der Waals surface area (Å²) in [6, 6.07) is 12.3. The average molecular weight is 443 g/mol. The minimum Gasteiger partial charge on any atom is -0.352 e. The highest BCUT2D eigenvalue weighted by Gasteiger charge is 2.26. The predicted octanol–water partition coefficient (Wildman–Crippen LogP) is 3.38. The number of likely N-dealkylation sites (tertiary alicyclic amines) is 1. The molecule has 0 bridgehead atoms. The van der Waals surface area contributed by atoms with Crippen LogP contribution < -0.4 is 10.9 Å². The molecule has 1 aromatic heterocycles. The topological polar surface area (TPSA) is 67.2 Å². The summed E-state index contributed by atoms with van der Waals surface area (Å²) < 4.78 is 1.54. The number of benzene rings is 1. The van der Waals surface area contributed by atoms with Crippen LogP contribution in [0.4, 0.5) is 0 Å². The van der Waals surface area contributed by atoms with Gasteiger partial charge in [0, 0.05) is 44.5 Å². The molecular weight excluding hydrogens is 408 g/mol. The predicted molar refractivity (Wildman–Crippen MR) is 126 cm³/mol. The van der Waals surface area contributed by atoms with Crippen LogP contribution in [0.1, 0.15) is 50.8 Å². The van der Waals surface area contributed by atoms with Gasteiger partial charge in [-0.1, -0.05) is 62.4 Å². The van der Waals surface area contributed by atoms with Crippen LogP contribution >= 0.6 is 11.8 Å². The van der Waals surface area contributed by atoms with Crippen molar-refractivity contribution < 1.29 is 4.79 Å². The van der Waals surface area contributed by atoms with Crippen LogP contribution in [0.2, 0.25) is 0 Å². The Morgan fingerprint density at radius 3 is 2.58 bits per heavy atom. The normalized spacial score (nSPS) is 16.2. The van der Waals surface area contributed by atoms with Gasteiger partial charge < -0.3 is 5.32 Å². The SMILES string of the molecule is CCCC(Sc1nc(CC)cc(=O)n1C)C(=O)NC1CCN(Cc2ccccc2)CC1. The van der Waals surface area contributed by atoms with Gasteiger partial charge in [0.1, 0.15) is 0 Å². The molecule has 3 rings (SSSR count). The molecule has 6 nitrogen and oxygen atoms in total. The monoisotopic (exact) mass is 442 g/mol. The number of piperidine rings is 1. The standard InChI is InChI=1S/C24H34N4O2S/c1-4-9-21(31-24-26-19(5-2)16-22(29)27(24)3)23(30)25-20-12-14-28(15-13-20)17-18-10-7-6-8-11-18/h6-8,10-11,16,20-21H,4-5,9,12-15,17H2,1-3H3,(H,25,30). The van der Waals surface area contributed by atoms with Crippen molar-refractivity contribution >= 4 is 17.7 Å². The zero-order valence-electron chi connectivity index (χ0n) is 18.8. The summed E-state index contributed by atoms with van der Waals surface area (Å²) in [5.74, 6) is 0.0597. The number of rotatable bonds is 9. The molecule has 0 saturated carbocycles. The Hall–Kier alpha value is -2.12. The second-order valence-corrected chi connectivity index (χ2v) is 9.39. The highest BCUT2D eigenvalue weighted by atomic mass is 32.2. The summed E-state index contributed by atoms with van der Waals surface area (Å²) in [4.78, 5) is 32.3. The van der Waals surface area contributed by atoms with Gasteiger partial charge in [-0.3, -0.25) is 19.1 Å². The summed E-state index contributed by atoms with van der Waals surface area (Å²) in [6.45, 7) is 7.00. The second-order valence-electron chi connectivity index (χ2n) is 8.22. The average Bonchev–Trinajstić information content (AvgIpc) is 2.78. The van der Waals surface area contributed by atoms with Crippen molar-refractivity contribution in [1.82, 2.24) is 19.8 Å². The van der Waals surface area contributed by atoms with Crippen molar-refractivity contribution in [2.75, 3.05) is 13.1 Å². The summed E-state index contributed by atoms with van der Waals surface area (Å²) in [6.07, 6.45) is 4.29. The van der Waals surface area contributed by atoms with Crippen LogP contribution in [-0.4, -0.2) is 44.7 Å². The lowest BCUT2D eigenvalue weighted by Gasteiger charge is -2.33. The van der Waals surface area contributed by atoms with Crippen molar-refractivity contribution in [3.05, 3.63) is 58.0 Å². The van der Waals surface area contributed by atoms with E-state index in [-0.39, 0.29) is 22.8 Å². The summed E-state index contributed by atoms with van der Waals surface area (Å²) in [7, 11) is 1.72. The quantitative estimate of drug-likeness (QED) is 0.476. The first-order valence-electron chi connectivity index (χ1n) is 11.3. The molecule has 2 heterocycles. The molecule has 2 aromatic rings. The van der Waals surface area contributed by atoms with Gasteiger partial charge in [-0.25, -0.2) is 4.98 Å². The molecule has 0 aliphatic carbocycles. The Balaban J connectivity index is 1.56. The lowest BCUT2D eigenvalue weighted by Crippen LogP contribution is -2.46. The van der Waals surface area contributed by atoms with E-state index < -0.39 is 0 Å². The van der Waals surface area contributed by atoms with E-state index in [1.54, 1.807) is 17.7 Å². The highest BCUT2D eigenvalue weighted by Crippen LogP contribution is 2.25. The smallest absolute Gasteiger partial charge is 0.254 e. The molecule has 1 saturated heterocycles. The molecule has 1 aromatic carbocycles. The first-order chi connectivity index (χ1) is 15.0. The fourth-order valence-corrected chi connectivity index (χ4v) is 5.06. The van der Waals surface area contributed by atoms with E-state index in [2.05, 4.69) is 46.4 Å². The number of thioether (sulfide) groups is 1. The maximum absolute atomic E-state index is 13.1. The number of nitrogens with one attached hydrogen (secondary N) is 1. The van der Waals surface area contributed by atoms with Crippen molar-refractivity contribution in [2.45, 2.75) is 68.9 Å². The number of amides is 1. The van der Waals surface area contributed by atoms with Crippen LogP contribution in [0.25, 0.3) is 0 Å². The lowest BCUT2D eigenvalue weighted by atomic mass is 10.0. The van der Waals surface area contributed by atoms with Crippen LogP contribution in [0.3, 0.4) is 0 Å². The van der Waals surface area contributed by atoms with Gasteiger partial charge in [-0.05, 0) is 31.2 Å². The van der Waals surface area contributed by atoms with Gasteiger partial charge in [-0.15, -0.1) is 0 Å². The Morgan fingerprint density at radius 2 is 1.94 bits per heavy atom. The Labute approximate surface area is 189 Å². The van der Waals surface area contributed by atoms with Crippen LogP contribution in [0.5, 0.6) is 0 Å². The van der Waals surface area contributed by atoms with E-state index in [0.717, 1.165) is 51.0 Å². The van der Waals surface area contributed by atoms with Crippen LogP contribution in [0, 0.1) is 0 Å². The molecule has 1 N–H and O–H groups in total. The van der Waals surface area contributed by atoms with Crippen LogP contribution in [0.15, 0.2) is 46.3 Å². The van der Waals surface area contributed by atoms with Crippen molar-refractivity contribution in [3.63, 3.8) is 0 Å². The van der Waals surface area contributed by atoms with E-state index in [1.807, 2.05) is 13.0 Å². The molecule has 0 radical (unpaired) electrons. The third kappa shape index (κ3) is 6.68. The zero-order chi connectivity index (χ0) is 22.2. The molecule has 1 aliphatic heterocycles. The lowest BCUT2D eigenvalue weighted by molar-refractivity contribution is -0.121. The Morgan fingerprint density at radius 1 is 1.23 bits per heavy atom. The second kappa shape index (κ2) is 11.5. The number of hydrogen-bond acceptors (Lipinski definition) is 5. The van der Waals surface area contributed by atoms with Gasteiger partial charge in [-0.2, -0.15) is 0 Å². The number of aromatic nitrogens is 2. The van der Waals surface area contributed by atoms with Crippen molar-refractivity contribution in [3.8, 4) is 0 Å². The molecule has 7 heteroatoms. The fraction of sp³-hybridized carbons (Fsp3) is 0.542. The number of carbonyl (C=O) groups is 1. The van der Waals surface area contributed by atoms with Gasteiger partial charge in [0.15, 0.2) is 5.16 Å². The molecular formula is C24H34N4O2S. The molecule has 168 valence electrons. The fourth-order valence-electron chi connectivity index (χ4n) is 3.85. The number of nitrogens with zero attached hydrogens (tertiary/aromatic N) is 3. The largest absolute Gasteiger partial charge is 0.352 e. The van der Waals surface area contributed by atoms with E-state index in [0.29, 0.717) is 11.6 Å². The summed E-state index contributed by atoms with van der Waals surface area (Å²) in [5.41, 5.74) is 2.03. The Bertz CT molecular complexity index is 908. The minimum absolute atomic E-state index is 0.0597. The van der Waals surface area contributed by atoms with E-state index in [9.17, 15) is 9.59 Å². The molecule has 0 spiro atoms.